The van der Waals surface area contributed by atoms with Crippen molar-refractivity contribution in [3.63, 3.8) is 0 Å². The lowest BCUT2D eigenvalue weighted by Crippen LogP contribution is -2.59. The van der Waals surface area contributed by atoms with Gasteiger partial charge in [0.1, 0.15) is 12.2 Å². The fourth-order valence-electron chi connectivity index (χ4n) is 4.64. The van der Waals surface area contributed by atoms with Gasteiger partial charge < -0.3 is 23.7 Å². The molecule has 1 aliphatic heterocycles. The second kappa shape index (κ2) is 14.5. The van der Waals surface area contributed by atoms with E-state index in [0.29, 0.717) is 19.8 Å². The van der Waals surface area contributed by atoms with E-state index >= 15 is 0 Å². The van der Waals surface area contributed by atoms with E-state index in [2.05, 4.69) is 0 Å². The highest BCUT2D eigenvalue weighted by atomic mass is 16.6. The van der Waals surface area contributed by atoms with Crippen LogP contribution >= 0.6 is 0 Å². The molecule has 0 aliphatic carbocycles. The van der Waals surface area contributed by atoms with Crippen LogP contribution in [0.2, 0.25) is 0 Å². The minimum absolute atomic E-state index is 0.163. The SMILES string of the molecule is O=C1OC(COCc2ccccc2)[C@@H](OCc2ccccc2)[C@H](OCc2ccccc2)[C@H]1OCc1ccccc1. The third-order valence-corrected chi connectivity index (χ3v) is 6.73. The van der Waals surface area contributed by atoms with Crippen LogP contribution in [0.4, 0.5) is 0 Å². The summed E-state index contributed by atoms with van der Waals surface area (Å²) < 4.78 is 31.0. The number of hydrogen-bond donors (Lipinski definition) is 0. The zero-order valence-corrected chi connectivity index (χ0v) is 22.3. The van der Waals surface area contributed by atoms with Gasteiger partial charge in [0.05, 0.1) is 33.0 Å². The Morgan fingerprint density at radius 3 is 1.38 bits per heavy atom. The molecule has 0 aromatic heterocycles. The molecule has 40 heavy (non-hydrogen) atoms. The van der Waals surface area contributed by atoms with E-state index in [1.54, 1.807) is 0 Å². The molecular weight excluding hydrogens is 504 g/mol. The highest BCUT2D eigenvalue weighted by Crippen LogP contribution is 2.28. The number of benzene rings is 4. The Kier molecular flexibility index (Phi) is 10.1. The summed E-state index contributed by atoms with van der Waals surface area (Å²) in [6.07, 6.45) is -2.95. The minimum atomic E-state index is -0.963. The fourth-order valence-corrected chi connectivity index (χ4v) is 4.64. The maximum atomic E-state index is 13.4. The molecule has 1 aliphatic rings. The van der Waals surface area contributed by atoms with Gasteiger partial charge in [0.25, 0.3) is 0 Å². The number of hydrogen-bond acceptors (Lipinski definition) is 6. The Balaban J connectivity index is 1.36. The monoisotopic (exact) mass is 538 g/mol. The molecule has 4 aromatic rings. The number of carbonyl (C=O) groups excluding carboxylic acids is 1. The fraction of sp³-hybridized carbons (Fsp3) is 0.265. The first kappa shape index (κ1) is 27.7. The molecule has 0 amide bonds. The third kappa shape index (κ3) is 7.87. The van der Waals surface area contributed by atoms with Crippen LogP contribution in [0.15, 0.2) is 121 Å². The van der Waals surface area contributed by atoms with Crippen LogP contribution in [0.5, 0.6) is 0 Å². The molecule has 4 aromatic carbocycles. The Morgan fingerprint density at radius 1 is 0.500 bits per heavy atom. The molecule has 6 nitrogen and oxygen atoms in total. The Hall–Kier alpha value is -3.81. The molecule has 1 unspecified atom stereocenters. The predicted molar refractivity (Wildman–Crippen MR) is 151 cm³/mol. The van der Waals surface area contributed by atoms with Crippen molar-refractivity contribution in [2.75, 3.05) is 6.61 Å². The van der Waals surface area contributed by atoms with Gasteiger partial charge >= 0.3 is 5.97 Å². The number of cyclic esters (lactones) is 1. The van der Waals surface area contributed by atoms with Gasteiger partial charge in [0, 0.05) is 0 Å². The topological polar surface area (TPSA) is 63.2 Å². The van der Waals surface area contributed by atoms with Gasteiger partial charge in [-0.05, 0) is 22.3 Å². The quantitative estimate of drug-likeness (QED) is 0.198. The normalized spacial score (nSPS) is 20.6. The van der Waals surface area contributed by atoms with Crippen molar-refractivity contribution in [1.29, 1.82) is 0 Å². The highest BCUT2D eigenvalue weighted by molar-refractivity contribution is 5.77. The van der Waals surface area contributed by atoms with Crippen molar-refractivity contribution in [3.8, 4) is 0 Å². The summed E-state index contributed by atoms with van der Waals surface area (Å²) in [5.74, 6) is -0.484. The van der Waals surface area contributed by atoms with E-state index in [1.165, 1.54) is 0 Å². The number of ether oxygens (including phenoxy) is 5. The Morgan fingerprint density at radius 2 is 0.900 bits per heavy atom. The molecule has 1 fully saturated rings. The van der Waals surface area contributed by atoms with Crippen molar-refractivity contribution in [2.24, 2.45) is 0 Å². The maximum absolute atomic E-state index is 13.4. The van der Waals surface area contributed by atoms with Gasteiger partial charge in [-0.15, -0.1) is 0 Å². The van der Waals surface area contributed by atoms with Gasteiger partial charge in [-0.2, -0.15) is 0 Å². The average molecular weight is 539 g/mol. The molecular formula is C34H34O6. The van der Waals surface area contributed by atoms with E-state index in [1.807, 2.05) is 121 Å². The lowest BCUT2D eigenvalue weighted by atomic mass is 9.98. The van der Waals surface area contributed by atoms with Gasteiger partial charge in [-0.1, -0.05) is 121 Å². The van der Waals surface area contributed by atoms with Crippen molar-refractivity contribution in [1.82, 2.24) is 0 Å². The highest BCUT2D eigenvalue weighted by Gasteiger charge is 2.48. The van der Waals surface area contributed by atoms with E-state index in [9.17, 15) is 4.79 Å². The van der Waals surface area contributed by atoms with Crippen LogP contribution in [0.3, 0.4) is 0 Å². The minimum Gasteiger partial charge on any atom is -0.455 e. The molecule has 5 rings (SSSR count). The van der Waals surface area contributed by atoms with Crippen LogP contribution in [0.1, 0.15) is 22.3 Å². The number of rotatable bonds is 13. The largest absolute Gasteiger partial charge is 0.455 e. The molecule has 0 spiro atoms. The van der Waals surface area contributed by atoms with Crippen LogP contribution in [0, 0.1) is 0 Å². The van der Waals surface area contributed by atoms with Crippen LogP contribution in [-0.2, 0) is 54.9 Å². The van der Waals surface area contributed by atoms with Gasteiger partial charge in [0.2, 0.25) is 0 Å². The van der Waals surface area contributed by atoms with Crippen molar-refractivity contribution >= 4 is 5.97 Å². The van der Waals surface area contributed by atoms with Crippen LogP contribution in [-0.4, -0.2) is 37.0 Å². The van der Waals surface area contributed by atoms with Gasteiger partial charge in [0.15, 0.2) is 12.2 Å². The lowest BCUT2D eigenvalue weighted by molar-refractivity contribution is -0.239. The summed E-state index contributed by atoms with van der Waals surface area (Å²) in [7, 11) is 0. The summed E-state index contributed by atoms with van der Waals surface area (Å²) >= 11 is 0. The first-order valence-electron chi connectivity index (χ1n) is 13.5. The summed E-state index contributed by atoms with van der Waals surface area (Å²) in [6, 6.07) is 39.4. The third-order valence-electron chi connectivity index (χ3n) is 6.73. The Labute approximate surface area is 235 Å². The van der Waals surface area contributed by atoms with Crippen molar-refractivity contribution in [2.45, 2.75) is 50.8 Å². The van der Waals surface area contributed by atoms with E-state index < -0.39 is 30.4 Å². The standard InChI is InChI=1S/C34H34O6/c35-34-33(39-24-29-19-11-4-12-20-29)32(38-23-28-17-9-3-10-18-28)31(37-22-27-15-7-2-8-16-27)30(40-34)25-36-21-26-13-5-1-6-14-26/h1-20,30-33H,21-25H2/t30?,31-,32+,33-/m1/s1. The smallest absolute Gasteiger partial charge is 0.338 e. The first-order valence-corrected chi connectivity index (χ1v) is 13.5. The molecule has 4 atom stereocenters. The second-order valence-electron chi connectivity index (χ2n) is 9.72. The van der Waals surface area contributed by atoms with E-state index in [-0.39, 0.29) is 13.2 Å². The number of carbonyl (C=O) groups is 1. The van der Waals surface area contributed by atoms with E-state index in [4.69, 9.17) is 23.7 Å². The molecule has 1 saturated heterocycles. The zero-order valence-electron chi connectivity index (χ0n) is 22.3. The first-order chi connectivity index (χ1) is 19.8. The molecule has 0 radical (unpaired) electrons. The number of esters is 1. The summed E-state index contributed by atoms with van der Waals surface area (Å²) in [5, 5.41) is 0. The summed E-state index contributed by atoms with van der Waals surface area (Å²) in [6.45, 7) is 1.43. The molecule has 0 N–H and O–H groups in total. The predicted octanol–water partition coefficient (Wildman–Crippen LogP) is 5.88. The molecule has 0 saturated carbocycles. The van der Waals surface area contributed by atoms with Crippen molar-refractivity contribution < 1.29 is 28.5 Å². The molecule has 1 heterocycles. The summed E-state index contributed by atoms with van der Waals surface area (Å²) in [5.41, 5.74) is 3.98. The van der Waals surface area contributed by atoms with E-state index in [0.717, 1.165) is 22.3 Å². The van der Waals surface area contributed by atoms with Crippen molar-refractivity contribution in [3.05, 3.63) is 144 Å². The maximum Gasteiger partial charge on any atom is 0.338 e. The second-order valence-corrected chi connectivity index (χ2v) is 9.72. The van der Waals surface area contributed by atoms with Crippen LogP contribution in [0.25, 0.3) is 0 Å². The van der Waals surface area contributed by atoms with Gasteiger partial charge in [-0.3, -0.25) is 0 Å². The molecule has 0 bridgehead atoms. The summed E-state index contributed by atoms with van der Waals surface area (Å²) in [4.78, 5) is 13.4. The molecule has 206 valence electrons. The molecule has 6 heteroatoms. The lowest BCUT2D eigenvalue weighted by Gasteiger charge is -2.41. The zero-order chi connectivity index (χ0) is 27.4. The Bertz CT molecular complexity index is 1280. The average Bonchev–Trinajstić information content (AvgIpc) is 3.01. The van der Waals surface area contributed by atoms with Crippen LogP contribution < -0.4 is 0 Å². The van der Waals surface area contributed by atoms with Gasteiger partial charge in [-0.25, -0.2) is 4.79 Å².